The molecule has 0 radical (unpaired) electrons. The summed E-state index contributed by atoms with van der Waals surface area (Å²) in [5.41, 5.74) is 3.85. The minimum Gasteiger partial charge on any atom is -0.478 e. The van der Waals surface area contributed by atoms with Crippen molar-refractivity contribution >= 4 is 23.6 Å². The van der Waals surface area contributed by atoms with Crippen molar-refractivity contribution in [3.63, 3.8) is 0 Å². The highest BCUT2D eigenvalue weighted by Crippen LogP contribution is 2.22. The number of anilines is 1. The van der Waals surface area contributed by atoms with Gasteiger partial charge in [-0.15, -0.1) is 0 Å². The molecule has 2 saturated heterocycles. The number of carboxylic acid groups (broad SMARTS) is 1. The molecule has 170 valence electrons. The van der Waals surface area contributed by atoms with Crippen molar-refractivity contribution in [2.75, 3.05) is 44.2 Å². The molecule has 2 aromatic heterocycles. The third kappa shape index (κ3) is 4.75. The van der Waals surface area contributed by atoms with Crippen molar-refractivity contribution in [3.8, 4) is 0 Å². The molecule has 0 aliphatic carbocycles. The number of aryl methyl sites for hydroxylation is 1. The number of aromatic carboxylic acids is 1. The standard InChI is InChI=1S/C22H28N6O4/c1-25-8-2-3-18(25)21(30)27-11-13-28(14-12-27)24-20(29)16-6-9-26(10-7-16)19-5-4-17(15-23-19)22(31)32/h2-5,8,15-16H,6-7,9-14H2,1H3,(H,24,29)(H,31,32). The summed E-state index contributed by atoms with van der Waals surface area (Å²) < 4.78 is 1.82. The zero-order chi connectivity index (χ0) is 22.7. The molecule has 32 heavy (non-hydrogen) atoms. The second-order valence-corrected chi connectivity index (χ2v) is 8.23. The Labute approximate surface area is 186 Å². The molecule has 4 heterocycles. The quantitative estimate of drug-likeness (QED) is 0.708. The molecule has 0 saturated carbocycles. The van der Waals surface area contributed by atoms with Crippen LogP contribution in [0.1, 0.15) is 33.7 Å². The summed E-state index contributed by atoms with van der Waals surface area (Å²) in [7, 11) is 1.86. The molecule has 2 N–H and O–H groups in total. The van der Waals surface area contributed by atoms with Crippen molar-refractivity contribution in [2.45, 2.75) is 12.8 Å². The van der Waals surface area contributed by atoms with E-state index in [9.17, 15) is 14.4 Å². The Hall–Kier alpha value is -3.40. The molecule has 0 atom stereocenters. The molecule has 0 aromatic carbocycles. The smallest absolute Gasteiger partial charge is 0.337 e. The van der Waals surface area contributed by atoms with Gasteiger partial charge < -0.3 is 19.5 Å². The Morgan fingerprint density at radius 1 is 1.03 bits per heavy atom. The van der Waals surface area contributed by atoms with Gasteiger partial charge in [0.2, 0.25) is 5.91 Å². The van der Waals surface area contributed by atoms with Gasteiger partial charge in [0.25, 0.3) is 5.91 Å². The summed E-state index contributed by atoms with van der Waals surface area (Å²) in [6, 6.07) is 6.93. The number of piperidine rings is 1. The lowest BCUT2D eigenvalue weighted by atomic mass is 9.96. The van der Waals surface area contributed by atoms with E-state index in [4.69, 9.17) is 5.11 Å². The maximum absolute atomic E-state index is 12.7. The number of carboxylic acids is 1. The average molecular weight is 441 g/mol. The molecule has 2 aliphatic heterocycles. The van der Waals surface area contributed by atoms with Gasteiger partial charge in [-0.2, -0.15) is 0 Å². The van der Waals surface area contributed by atoms with Crippen molar-refractivity contribution in [2.24, 2.45) is 13.0 Å². The van der Waals surface area contributed by atoms with Crippen LogP contribution in [0.15, 0.2) is 36.7 Å². The van der Waals surface area contributed by atoms with E-state index >= 15 is 0 Å². The first kappa shape index (κ1) is 21.8. The molecule has 2 fully saturated rings. The second-order valence-electron chi connectivity index (χ2n) is 8.23. The summed E-state index contributed by atoms with van der Waals surface area (Å²) in [5, 5.41) is 10.9. The maximum atomic E-state index is 12.7. The van der Waals surface area contributed by atoms with Crippen LogP contribution in [0.5, 0.6) is 0 Å². The summed E-state index contributed by atoms with van der Waals surface area (Å²) in [6.07, 6.45) is 4.63. The van der Waals surface area contributed by atoms with Gasteiger partial charge >= 0.3 is 5.97 Å². The van der Waals surface area contributed by atoms with Crippen molar-refractivity contribution < 1.29 is 19.5 Å². The van der Waals surface area contributed by atoms with E-state index in [1.165, 1.54) is 6.20 Å². The number of piperazine rings is 1. The lowest BCUT2D eigenvalue weighted by molar-refractivity contribution is -0.131. The molecule has 0 bridgehead atoms. The lowest BCUT2D eigenvalue weighted by Crippen LogP contribution is -2.56. The monoisotopic (exact) mass is 440 g/mol. The SMILES string of the molecule is Cn1cccc1C(=O)N1CCN(NC(=O)C2CCN(c3ccc(C(=O)O)cn3)CC2)CC1. The zero-order valence-electron chi connectivity index (χ0n) is 18.1. The van der Waals surface area contributed by atoms with Gasteiger partial charge in [0.15, 0.2) is 0 Å². The normalized spacial score (nSPS) is 17.9. The number of rotatable bonds is 5. The predicted molar refractivity (Wildman–Crippen MR) is 117 cm³/mol. The van der Waals surface area contributed by atoms with E-state index in [2.05, 4.69) is 15.3 Å². The van der Waals surface area contributed by atoms with Crippen LogP contribution < -0.4 is 10.3 Å². The Kier molecular flexibility index (Phi) is 6.40. The zero-order valence-corrected chi connectivity index (χ0v) is 18.1. The van der Waals surface area contributed by atoms with Crippen LogP contribution in [-0.4, -0.2) is 81.6 Å². The molecule has 0 unspecified atom stereocenters. The fraction of sp³-hybridized carbons (Fsp3) is 0.455. The van der Waals surface area contributed by atoms with E-state index in [1.54, 1.807) is 12.1 Å². The minimum atomic E-state index is -0.996. The molecule has 2 aromatic rings. The number of nitrogens with zero attached hydrogens (tertiary/aromatic N) is 5. The summed E-state index contributed by atoms with van der Waals surface area (Å²) in [5.74, 6) is -0.313. The average Bonchev–Trinajstić information content (AvgIpc) is 3.25. The van der Waals surface area contributed by atoms with Crippen LogP contribution in [-0.2, 0) is 11.8 Å². The van der Waals surface area contributed by atoms with Crippen molar-refractivity contribution in [3.05, 3.63) is 47.9 Å². The number of pyridine rings is 1. The highest BCUT2D eigenvalue weighted by Gasteiger charge is 2.29. The van der Waals surface area contributed by atoms with Crippen LogP contribution in [0, 0.1) is 5.92 Å². The van der Waals surface area contributed by atoms with Gasteiger partial charge in [0, 0.05) is 64.6 Å². The van der Waals surface area contributed by atoms with E-state index in [-0.39, 0.29) is 23.3 Å². The molecule has 10 heteroatoms. The van der Waals surface area contributed by atoms with Gasteiger partial charge in [0.1, 0.15) is 11.5 Å². The number of carbonyl (C=O) groups excluding carboxylic acids is 2. The first-order valence-corrected chi connectivity index (χ1v) is 10.8. The number of nitrogens with one attached hydrogen (secondary N) is 1. The number of carbonyl (C=O) groups is 3. The Morgan fingerprint density at radius 2 is 1.75 bits per heavy atom. The second kappa shape index (κ2) is 9.39. The fourth-order valence-corrected chi connectivity index (χ4v) is 4.18. The lowest BCUT2D eigenvalue weighted by Gasteiger charge is -2.37. The highest BCUT2D eigenvalue weighted by atomic mass is 16.4. The van der Waals surface area contributed by atoms with Crippen LogP contribution in [0.3, 0.4) is 0 Å². The summed E-state index contributed by atoms with van der Waals surface area (Å²) >= 11 is 0. The first-order chi connectivity index (χ1) is 15.4. The number of amides is 2. The minimum absolute atomic E-state index is 0.0147. The number of hydrogen-bond acceptors (Lipinski definition) is 6. The number of aromatic nitrogens is 2. The first-order valence-electron chi connectivity index (χ1n) is 10.8. The van der Waals surface area contributed by atoms with Gasteiger partial charge in [-0.05, 0) is 37.1 Å². The van der Waals surface area contributed by atoms with Crippen LogP contribution in [0.2, 0.25) is 0 Å². The maximum Gasteiger partial charge on any atom is 0.337 e. The molecular weight excluding hydrogens is 412 g/mol. The van der Waals surface area contributed by atoms with Crippen LogP contribution in [0.4, 0.5) is 5.82 Å². The highest BCUT2D eigenvalue weighted by molar-refractivity contribution is 5.92. The molecule has 0 spiro atoms. The van der Waals surface area contributed by atoms with Crippen LogP contribution in [0.25, 0.3) is 0 Å². The molecular formula is C22H28N6O4. The van der Waals surface area contributed by atoms with Crippen molar-refractivity contribution in [1.29, 1.82) is 0 Å². The Balaban J connectivity index is 1.22. The van der Waals surface area contributed by atoms with E-state index in [1.807, 2.05) is 39.9 Å². The van der Waals surface area contributed by atoms with E-state index < -0.39 is 5.97 Å². The third-order valence-corrected chi connectivity index (χ3v) is 6.18. The topological polar surface area (TPSA) is 111 Å². The van der Waals surface area contributed by atoms with Crippen molar-refractivity contribution in [1.82, 2.24) is 24.9 Å². The molecule has 2 amide bonds. The summed E-state index contributed by atoms with van der Waals surface area (Å²) in [4.78, 5) is 44.5. The van der Waals surface area contributed by atoms with E-state index in [0.717, 1.165) is 5.82 Å². The predicted octanol–water partition coefficient (Wildman–Crippen LogP) is 0.824. The van der Waals surface area contributed by atoms with Gasteiger partial charge in [0.05, 0.1) is 5.56 Å². The molecule has 4 rings (SSSR count). The summed E-state index contributed by atoms with van der Waals surface area (Å²) in [6.45, 7) is 3.72. The van der Waals surface area contributed by atoms with E-state index in [0.29, 0.717) is 57.8 Å². The largest absolute Gasteiger partial charge is 0.478 e. The van der Waals surface area contributed by atoms with Gasteiger partial charge in [-0.25, -0.2) is 14.8 Å². The Bertz CT molecular complexity index is 973. The molecule has 10 nitrogen and oxygen atoms in total. The third-order valence-electron chi connectivity index (χ3n) is 6.18. The van der Waals surface area contributed by atoms with Crippen LogP contribution >= 0.6 is 0 Å². The Morgan fingerprint density at radius 3 is 2.31 bits per heavy atom. The number of hydrazine groups is 1. The van der Waals surface area contributed by atoms with Gasteiger partial charge in [-0.3, -0.25) is 15.0 Å². The fourth-order valence-electron chi connectivity index (χ4n) is 4.18. The van der Waals surface area contributed by atoms with Gasteiger partial charge in [-0.1, -0.05) is 0 Å². The number of hydrogen-bond donors (Lipinski definition) is 2. The molecule has 2 aliphatic rings.